The number of hydrogen-bond acceptors (Lipinski definition) is 4. The van der Waals surface area contributed by atoms with Gasteiger partial charge in [-0.05, 0) is 38.4 Å². The summed E-state index contributed by atoms with van der Waals surface area (Å²) in [5, 5.41) is 3.44. The second-order valence-electron chi connectivity index (χ2n) is 4.51. The van der Waals surface area contributed by atoms with E-state index < -0.39 is 0 Å². The van der Waals surface area contributed by atoms with Gasteiger partial charge in [0.15, 0.2) is 11.5 Å². The van der Waals surface area contributed by atoms with Crippen LogP contribution in [0.25, 0.3) is 0 Å². The summed E-state index contributed by atoms with van der Waals surface area (Å²) in [5.74, 6) is 2.40. The molecule has 1 atom stereocenters. The average molecular weight is 251 g/mol. The Kier molecular flexibility index (Phi) is 4.70. The summed E-state index contributed by atoms with van der Waals surface area (Å²) in [6.45, 7) is 6.42. The number of ether oxygens (including phenoxy) is 3. The molecule has 1 aliphatic rings. The minimum atomic E-state index is 0.302. The minimum Gasteiger partial charge on any atom is -0.493 e. The molecule has 1 aromatic rings. The average Bonchev–Trinajstić information content (AvgIpc) is 2.83. The van der Waals surface area contributed by atoms with Crippen molar-refractivity contribution in [1.82, 2.24) is 5.32 Å². The SMILES string of the molecule is CCCNC(C)CCOc1ccc2c(c1)OCO2. The van der Waals surface area contributed by atoms with Crippen molar-refractivity contribution in [3.05, 3.63) is 18.2 Å². The van der Waals surface area contributed by atoms with E-state index in [-0.39, 0.29) is 0 Å². The smallest absolute Gasteiger partial charge is 0.231 e. The van der Waals surface area contributed by atoms with Gasteiger partial charge in [-0.25, -0.2) is 0 Å². The molecule has 1 heterocycles. The van der Waals surface area contributed by atoms with Crippen molar-refractivity contribution >= 4 is 0 Å². The van der Waals surface area contributed by atoms with Crippen molar-refractivity contribution in [3.63, 3.8) is 0 Å². The predicted octanol–water partition coefficient (Wildman–Crippen LogP) is 2.57. The van der Waals surface area contributed by atoms with Gasteiger partial charge < -0.3 is 19.5 Å². The summed E-state index contributed by atoms with van der Waals surface area (Å²) in [4.78, 5) is 0. The lowest BCUT2D eigenvalue weighted by molar-refractivity contribution is 0.173. The van der Waals surface area contributed by atoms with Crippen molar-refractivity contribution in [2.75, 3.05) is 19.9 Å². The molecule has 1 unspecified atom stereocenters. The van der Waals surface area contributed by atoms with Gasteiger partial charge in [0.25, 0.3) is 0 Å². The van der Waals surface area contributed by atoms with Gasteiger partial charge in [0.2, 0.25) is 6.79 Å². The lowest BCUT2D eigenvalue weighted by Gasteiger charge is -2.13. The van der Waals surface area contributed by atoms with Gasteiger partial charge in [-0.2, -0.15) is 0 Å². The fraction of sp³-hybridized carbons (Fsp3) is 0.571. The van der Waals surface area contributed by atoms with Crippen LogP contribution in [0, 0.1) is 0 Å². The van der Waals surface area contributed by atoms with Crippen LogP contribution in [0.2, 0.25) is 0 Å². The molecule has 1 aliphatic heterocycles. The summed E-state index contributed by atoms with van der Waals surface area (Å²) >= 11 is 0. The molecular formula is C14H21NO3. The molecular weight excluding hydrogens is 230 g/mol. The third-order valence-corrected chi connectivity index (χ3v) is 2.91. The Morgan fingerprint density at radius 3 is 3.00 bits per heavy atom. The highest BCUT2D eigenvalue weighted by Crippen LogP contribution is 2.35. The van der Waals surface area contributed by atoms with Crippen molar-refractivity contribution < 1.29 is 14.2 Å². The van der Waals surface area contributed by atoms with Crippen LogP contribution in [0.15, 0.2) is 18.2 Å². The number of fused-ring (bicyclic) bond motifs is 1. The normalized spacial score (nSPS) is 14.6. The van der Waals surface area contributed by atoms with E-state index in [0.717, 1.165) is 36.6 Å². The first kappa shape index (κ1) is 13.0. The van der Waals surface area contributed by atoms with Crippen molar-refractivity contribution in [2.24, 2.45) is 0 Å². The molecule has 4 nitrogen and oxygen atoms in total. The van der Waals surface area contributed by atoms with Crippen molar-refractivity contribution in [3.8, 4) is 17.2 Å². The second-order valence-corrected chi connectivity index (χ2v) is 4.51. The zero-order valence-corrected chi connectivity index (χ0v) is 11.1. The maximum atomic E-state index is 5.71. The Balaban J connectivity index is 1.73. The van der Waals surface area contributed by atoms with Crippen molar-refractivity contribution in [2.45, 2.75) is 32.7 Å². The number of benzene rings is 1. The summed E-state index contributed by atoms with van der Waals surface area (Å²) in [7, 11) is 0. The zero-order chi connectivity index (χ0) is 12.8. The first-order valence-electron chi connectivity index (χ1n) is 6.55. The first-order chi connectivity index (χ1) is 8.79. The quantitative estimate of drug-likeness (QED) is 0.808. The molecule has 0 spiro atoms. The highest BCUT2D eigenvalue weighted by Gasteiger charge is 2.13. The molecule has 0 aliphatic carbocycles. The molecule has 1 N–H and O–H groups in total. The van der Waals surface area contributed by atoms with Crippen LogP contribution in [0.1, 0.15) is 26.7 Å². The molecule has 100 valence electrons. The molecule has 0 amide bonds. The third-order valence-electron chi connectivity index (χ3n) is 2.91. The van der Waals surface area contributed by atoms with E-state index in [1.807, 2.05) is 18.2 Å². The Bertz CT molecular complexity index is 381. The topological polar surface area (TPSA) is 39.7 Å². The van der Waals surface area contributed by atoms with Gasteiger partial charge in [0, 0.05) is 12.1 Å². The number of nitrogens with one attached hydrogen (secondary N) is 1. The van der Waals surface area contributed by atoms with Gasteiger partial charge in [0.05, 0.1) is 6.61 Å². The Morgan fingerprint density at radius 1 is 1.33 bits per heavy atom. The van der Waals surface area contributed by atoms with Crippen LogP contribution >= 0.6 is 0 Å². The van der Waals surface area contributed by atoms with Crippen LogP contribution in [0.5, 0.6) is 17.2 Å². The van der Waals surface area contributed by atoms with E-state index in [2.05, 4.69) is 19.2 Å². The number of hydrogen-bond donors (Lipinski definition) is 1. The van der Waals surface area contributed by atoms with Gasteiger partial charge in [-0.3, -0.25) is 0 Å². The fourth-order valence-corrected chi connectivity index (χ4v) is 1.81. The van der Waals surface area contributed by atoms with E-state index in [1.165, 1.54) is 0 Å². The van der Waals surface area contributed by atoms with E-state index >= 15 is 0 Å². The summed E-state index contributed by atoms with van der Waals surface area (Å²) in [5.41, 5.74) is 0. The lowest BCUT2D eigenvalue weighted by Crippen LogP contribution is -2.28. The van der Waals surface area contributed by atoms with Gasteiger partial charge in [0.1, 0.15) is 5.75 Å². The van der Waals surface area contributed by atoms with E-state index in [1.54, 1.807) is 0 Å². The minimum absolute atomic E-state index is 0.302. The van der Waals surface area contributed by atoms with Crippen LogP contribution in [0.3, 0.4) is 0 Å². The molecule has 0 radical (unpaired) electrons. The highest BCUT2D eigenvalue weighted by atomic mass is 16.7. The highest BCUT2D eigenvalue weighted by molar-refractivity contribution is 5.46. The van der Waals surface area contributed by atoms with E-state index in [9.17, 15) is 0 Å². The van der Waals surface area contributed by atoms with Gasteiger partial charge in [-0.1, -0.05) is 6.92 Å². The monoisotopic (exact) mass is 251 g/mol. The van der Waals surface area contributed by atoms with Crippen LogP contribution in [-0.2, 0) is 0 Å². The molecule has 0 saturated carbocycles. The summed E-state index contributed by atoms with van der Waals surface area (Å²) < 4.78 is 16.3. The Morgan fingerprint density at radius 2 is 2.17 bits per heavy atom. The maximum absolute atomic E-state index is 5.71. The first-order valence-corrected chi connectivity index (χ1v) is 6.55. The molecule has 0 fully saturated rings. The standard InChI is InChI=1S/C14H21NO3/c1-3-7-15-11(2)6-8-16-12-4-5-13-14(9-12)18-10-17-13/h4-5,9,11,15H,3,6-8,10H2,1-2H3. The molecule has 18 heavy (non-hydrogen) atoms. The second kappa shape index (κ2) is 6.50. The Hall–Kier alpha value is -1.42. The molecule has 4 heteroatoms. The molecule has 0 bridgehead atoms. The zero-order valence-electron chi connectivity index (χ0n) is 11.1. The van der Waals surface area contributed by atoms with E-state index in [0.29, 0.717) is 19.4 Å². The van der Waals surface area contributed by atoms with E-state index in [4.69, 9.17) is 14.2 Å². The third kappa shape index (κ3) is 3.53. The van der Waals surface area contributed by atoms with Crippen LogP contribution < -0.4 is 19.5 Å². The number of rotatable bonds is 7. The Labute approximate surface area is 108 Å². The van der Waals surface area contributed by atoms with Gasteiger partial charge in [-0.15, -0.1) is 0 Å². The molecule has 2 rings (SSSR count). The van der Waals surface area contributed by atoms with Crippen molar-refractivity contribution in [1.29, 1.82) is 0 Å². The summed E-state index contributed by atoms with van der Waals surface area (Å²) in [6.07, 6.45) is 2.15. The lowest BCUT2D eigenvalue weighted by atomic mass is 10.2. The van der Waals surface area contributed by atoms with Crippen LogP contribution in [-0.4, -0.2) is 26.0 Å². The van der Waals surface area contributed by atoms with Gasteiger partial charge >= 0.3 is 0 Å². The summed E-state index contributed by atoms with van der Waals surface area (Å²) in [6, 6.07) is 6.17. The largest absolute Gasteiger partial charge is 0.493 e. The molecule has 0 aromatic heterocycles. The predicted molar refractivity (Wildman–Crippen MR) is 70.4 cm³/mol. The molecule has 1 aromatic carbocycles. The fourth-order valence-electron chi connectivity index (χ4n) is 1.81. The maximum Gasteiger partial charge on any atom is 0.231 e. The van der Waals surface area contributed by atoms with Crippen LogP contribution in [0.4, 0.5) is 0 Å². The molecule has 0 saturated heterocycles.